The number of anilines is 2. The van der Waals surface area contributed by atoms with Crippen molar-refractivity contribution >= 4 is 22.5 Å². The number of halogens is 1. The molecule has 8 heteroatoms. The summed E-state index contributed by atoms with van der Waals surface area (Å²) in [6, 6.07) is 6.90. The Kier molecular flexibility index (Phi) is 3.29. The molecule has 1 fully saturated rings. The van der Waals surface area contributed by atoms with Gasteiger partial charge in [0.05, 0.1) is 35.9 Å². The average Bonchev–Trinajstić information content (AvgIpc) is 3.21. The number of oxazole rings is 1. The highest BCUT2D eigenvalue weighted by molar-refractivity contribution is 7.15. The molecule has 0 saturated carbocycles. The van der Waals surface area contributed by atoms with E-state index in [4.69, 9.17) is 14.9 Å². The molecule has 1 aromatic carbocycles. The molecule has 3 aromatic rings. The topological polar surface area (TPSA) is 77.4 Å². The number of aromatic nitrogens is 2. The Balaban J connectivity index is 1.52. The molecule has 0 unspecified atom stereocenters. The Hall–Kier alpha value is -2.45. The van der Waals surface area contributed by atoms with Crippen LogP contribution in [0.5, 0.6) is 0 Å². The molecule has 2 aromatic heterocycles. The van der Waals surface area contributed by atoms with Crippen LogP contribution in [0.3, 0.4) is 0 Å². The minimum absolute atomic E-state index is 0.0111. The number of hydrogen-bond acceptors (Lipinski definition) is 7. The van der Waals surface area contributed by atoms with Crippen molar-refractivity contribution in [3.63, 3.8) is 0 Å². The van der Waals surface area contributed by atoms with E-state index in [1.54, 1.807) is 18.4 Å². The van der Waals surface area contributed by atoms with Crippen LogP contribution in [-0.4, -0.2) is 29.2 Å². The Labute approximate surface area is 147 Å². The number of hydrogen-bond donors (Lipinski definition) is 1. The van der Waals surface area contributed by atoms with Crippen LogP contribution in [-0.2, 0) is 11.2 Å². The summed E-state index contributed by atoms with van der Waals surface area (Å²) < 4.78 is 24.6. The van der Waals surface area contributed by atoms with Gasteiger partial charge >= 0.3 is 0 Å². The minimum atomic E-state index is -0.273. The van der Waals surface area contributed by atoms with Crippen molar-refractivity contribution in [2.75, 3.05) is 23.8 Å². The first-order valence-electron chi connectivity index (χ1n) is 8.01. The van der Waals surface area contributed by atoms with E-state index in [2.05, 4.69) is 14.9 Å². The number of thiazole rings is 1. The maximum Gasteiger partial charge on any atom is 0.298 e. The molecule has 2 aliphatic heterocycles. The lowest BCUT2D eigenvalue weighted by Crippen LogP contribution is -2.51. The molecule has 128 valence electrons. The molecule has 4 heterocycles. The fraction of sp³-hybridized carbons (Fsp3) is 0.294. The largest absolute Gasteiger partial charge is 0.431 e. The zero-order valence-corrected chi connectivity index (χ0v) is 14.0. The van der Waals surface area contributed by atoms with Gasteiger partial charge in [-0.25, -0.2) is 9.37 Å². The third-order valence-electron chi connectivity index (χ3n) is 4.64. The van der Waals surface area contributed by atoms with Crippen LogP contribution in [0.25, 0.3) is 11.3 Å². The number of nitrogens with zero attached hydrogens (tertiary/aromatic N) is 3. The predicted molar refractivity (Wildman–Crippen MR) is 92.0 cm³/mol. The summed E-state index contributed by atoms with van der Waals surface area (Å²) in [6.45, 7) is 1.15. The van der Waals surface area contributed by atoms with Gasteiger partial charge in [-0.05, 0) is 24.3 Å². The fourth-order valence-electron chi connectivity index (χ4n) is 3.53. The quantitative estimate of drug-likeness (QED) is 0.759. The van der Waals surface area contributed by atoms with E-state index in [1.807, 2.05) is 0 Å². The second-order valence-corrected chi connectivity index (χ2v) is 7.27. The summed E-state index contributed by atoms with van der Waals surface area (Å²) in [4.78, 5) is 12.4. The molecule has 0 aliphatic carbocycles. The summed E-state index contributed by atoms with van der Waals surface area (Å²) in [5, 5.41) is 0.580. The number of benzene rings is 1. The number of morpholine rings is 1. The van der Waals surface area contributed by atoms with E-state index in [0.29, 0.717) is 30.1 Å². The van der Waals surface area contributed by atoms with Gasteiger partial charge in [0.2, 0.25) is 0 Å². The molecule has 2 N–H and O–H groups in total. The van der Waals surface area contributed by atoms with Crippen LogP contribution < -0.4 is 10.6 Å². The number of rotatable bonds is 2. The van der Waals surface area contributed by atoms with Crippen LogP contribution in [0.4, 0.5) is 15.5 Å². The summed E-state index contributed by atoms with van der Waals surface area (Å²) >= 11 is 1.50. The number of fused-ring (bicyclic) bond motifs is 4. The van der Waals surface area contributed by atoms with E-state index in [9.17, 15) is 4.39 Å². The zero-order chi connectivity index (χ0) is 17.0. The maximum atomic E-state index is 13.1. The fourth-order valence-corrected chi connectivity index (χ4v) is 4.47. The van der Waals surface area contributed by atoms with Gasteiger partial charge in [-0.1, -0.05) is 11.3 Å². The number of nitrogens with two attached hydrogens (primary N) is 1. The molecule has 0 amide bonds. The van der Waals surface area contributed by atoms with Crippen LogP contribution in [0.15, 0.2) is 34.9 Å². The van der Waals surface area contributed by atoms with Gasteiger partial charge in [0.15, 0.2) is 5.13 Å². The van der Waals surface area contributed by atoms with Gasteiger partial charge in [0, 0.05) is 12.0 Å². The predicted octanol–water partition coefficient (Wildman–Crippen LogP) is 3.02. The summed E-state index contributed by atoms with van der Waals surface area (Å²) in [7, 11) is 0. The molecular formula is C17H15FN4O2S. The lowest BCUT2D eigenvalue weighted by atomic mass is 9.97. The lowest BCUT2D eigenvalue weighted by Gasteiger charge is -2.43. The highest BCUT2D eigenvalue weighted by Crippen LogP contribution is 2.43. The molecule has 1 saturated heterocycles. The normalized spacial score (nSPS) is 22.0. The standard InChI is InChI=1S/C17H15FN4O2S/c18-10-3-1-9(2-4-10)13-7-24-17(21-13)22-11-5-12-15(25-16(19)20-12)14(22)8-23-6-11/h1-4,7,11,14H,5-6,8H2,(H2,19,20)/t11-,14-/m0/s1. The van der Waals surface area contributed by atoms with Gasteiger partial charge < -0.3 is 19.8 Å². The van der Waals surface area contributed by atoms with Crippen molar-refractivity contribution < 1.29 is 13.5 Å². The Morgan fingerprint density at radius 3 is 2.88 bits per heavy atom. The SMILES string of the molecule is Nc1nc2c(s1)[C@@H]1COC[C@H](C2)N1c1nc(-c2ccc(F)cc2)co1. The summed E-state index contributed by atoms with van der Waals surface area (Å²) in [6.07, 6.45) is 2.36. The molecule has 0 spiro atoms. The van der Waals surface area contributed by atoms with Gasteiger partial charge in [0.1, 0.15) is 17.8 Å². The molecule has 2 atom stereocenters. The van der Waals surface area contributed by atoms with Crippen molar-refractivity contribution in [2.24, 2.45) is 0 Å². The minimum Gasteiger partial charge on any atom is -0.431 e. The summed E-state index contributed by atoms with van der Waals surface area (Å²) in [5.41, 5.74) is 8.45. The average molecular weight is 358 g/mol. The number of ether oxygens (including phenoxy) is 1. The molecule has 2 aliphatic rings. The van der Waals surface area contributed by atoms with Crippen molar-refractivity contribution in [1.29, 1.82) is 0 Å². The van der Waals surface area contributed by atoms with E-state index >= 15 is 0 Å². The van der Waals surface area contributed by atoms with Crippen molar-refractivity contribution in [3.8, 4) is 11.3 Å². The van der Waals surface area contributed by atoms with Gasteiger partial charge in [0.25, 0.3) is 6.01 Å². The van der Waals surface area contributed by atoms with E-state index in [0.717, 1.165) is 22.6 Å². The van der Waals surface area contributed by atoms with Crippen LogP contribution in [0.2, 0.25) is 0 Å². The van der Waals surface area contributed by atoms with E-state index in [-0.39, 0.29) is 17.9 Å². The highest BCUT2D eigenvalue weighted by atomic mass is 32.1. The maximum absolute atomic E-state index is 13.1. The third kappa shape index (κ3) is 2.40. The monoisotopic (exact) mass is 358 g/mol. The molecule has 0 radical (unpaired) electrons. The Bertz CT molecular complexity index is 923. The Morgan fingerprint density at radius 1 is 1.20 bits per heavy atom. The van der Waals surface area contributed by atoms with E-state index < -0.39 is 0 Å². The van der Waals surface area contributed by atoms with E-state index in [1.165, 1.54) is 23.5 Å². The highest BCUT2D eigenvalue weighted by Gasteiger charge is 2.42. The number of nitrogen functional groups attached to an aromatic ring is 1. The molecule has 2 bridgehead atoms. The van der Waals surface area contributed by atoms with Crippen LogP contribution in [0, 0.1) is 5.82 Å². The van der Waals surface area contributed by atoms with Gasteiger partial charge in [-0.2, -0.15) is 4.98 Å². The molecule has 5 rings (SSSR count). The zero-order valence-electron chi connectivity index (χ0n) is 13.2. The first kappa shape index (κ1) is 14.9. The van der Waals surface area contributed by atoms with Gasteiger partial charge in [-0.15, -0.1) is 0 Å². The second-order valence-electron chi connectivity index (χ2n) is 6.20. The lowest BCUT2D eigenvalue weighted by molar-refractivity contribution is 0.0577. The summed E-state index contributed by atoms with van der Waals surface area (Å²) in [5.74, 6) is -0.273. The Morgan fingerprint density at radius 2 is 2.04 bits per heavy atom. The van der Waals surface area contributed by atoms with Crippen molar-refractivity contribution in [1.82, 2.24) is 9.97 Å². The molecular weight excluding hydrogens is 343 g/mol. The van der Waals surface area contributed by atoms with Crippen molar-refractivity contribution in [2.45, 2.75) is 18.5 Å². The first-order valence-corrected chi connectivity index (χ1v) is 8.83. The van der Waals surface area contributed by atoms with Crippen molar-refractivity contribution in [3.05, 3.63) is 46.9 Å². The molecule has 6 nitrogen and oxygen atoms in total. The second kappa shape index (κ2) is 5.53. The van der Waals surface area contributed by atoms with Crippen LogP contribution >= 0.6 is 11.3 Å². The smallest absolute Gasteiger partial charge is 0.298 e. The first-order chi connectivity index (χ1) is 12.2. The van der Waals surface area contributed by atoms with Crippen LogP contribution in [0.1, 0.15) is 16.6 Å². The van der Waals surface area contributed by atoms with Gasteiger partial charge in [-0.3, -0.25) is 0 Å². The third-order valence-corrected chi connectivity index (χ3v) is 5.67. The molecule has 25 heavy (non-hydrogen) atoms.